The van der Waals surface area contributed by atoms with Gasteiger partial charge in [-0.2, -0.15) is 0 Å². The van der Waals surface area contributed by atoms with Crippen LogP contribution in [0, 0.1) is 11.8 Å². The third-order valence-electron chi connectivity index (χ3n) is 2.63. The van der Waals surface area contributed by atoms with Crippen LogP contribution < -0.4 is 5.32 Å². The molecule has 1 aliphatic rings. The summed E-state index contributed by atoms with van der Waals surface area (Å²) in [6.45, 7) is 2.66. The van der Waals surface area contributed by atoms with Crippen molar-refractivity contribution in [1.82, 2.24) is 5.32 Å². The molecule has 0 unspecified atom stereocenters. The Labute approximate surface area is 81.0 Å². The maximum atomic E-state index is 5.42. The predicted molar refractivity (Wildman–Crippen MR) is 54.5 cm³/mol. The largest absolute Gasteiger partial charge is 0.380 e. The zero-order valence-electron chi connectivity index (χ0n) is 8.60. The van der Waals surface area contributed by atoms with Crippen LogP contribution in [0.15, 0.2) is 0 Å². The van der Waals surface area contributed by atoms with Crippen molar-refractivity contribution in [2.45, 2.75) is 44.8 Å². The lowest BCUT2D eigenvalue weighted by atomic mass is 9.92. The van der Waals surface area contributed by atoms with E-state index >= 15 is 0 Å². The van der Waals surface area contributed by atoms with Gasteiger partial charge in [0.25, 0.3) is 0 Å². The number of nitrogens with one attached hydrogen (secondary N) is 1. The smallest absolute Gasteiger partial charge is 0.0724 e. The first kappa shape index (κ1) is 10.6. The van der Waals surface area contributed by atoms with E-state index in [9.17, 15) is 0 Å². The van der Waals surface area contributed by atoms with Gasteiger partial charge in [-0.1, -0.05) is 18.8 Å². The van der Waals surface area contributed by atoms with Crippen LogP contribution in [-0.2, 0) is 4.74 Å². The topological polar surface area (TPSA) is 21.3 Å². The molecule has 0 aliphatic heterocycles. The summed E-state index contributed by atoms with van der Waals surface area (Å²) in [5.41, 5.74) is 0. The molecule has 0 spiro atoms. The molecule has 0 aromatic rings. The molecule has 0 amide bonds. The highest BCUT2D eigenvalue weighted by atomic mass is 16.5. The van der Waals surface area contributed by atoms with Gasteiger partial charge in [0.1, 0.15) is 0 Å². The van der Waals surface area contributed by atoms with Crippen LogP contribution in [0.1, 0.15) is 32.6 Å². The molecule has 1 fully saturated rings. The van der Waals surface area contributed by atoms with E-state index in [1.54, 1.807) is 7.11 Å². The molecule has 2 heteroatoms. The van der Waals surface area contributed by atoms with Crippen molar-refractivity contribution in [1.29, 1.82) is 0 Å². The third kappa shape index (κ3) is 3.38. The number of methoxy groups -OCH3 is 1. The Morgan fingerprint density at radius 1 is 1.38 bits per heavy atom. The number of hydrogen-bond acceptors (Lipinski definition) is 2. The van der Waals surface area contributed by atoms with E-state index in [2.05, 4.69) is 17.2 Å². The summed E-state index contributed by atoms with van der Waals surface area (Å²) in [5, 5.41) is 3.42. The highest BCUT2D eigenvalue weighted by Gasteiger charge is 2.23. The zero-order valence-corrected chi connectivity index (χ0v) is 8.60. The van der Waals surface area contributed by atoms with Crippen molar-refractivity contribution in [3.63, 3.8) is 0 Å². The lowest BCUT2D eigenvalue weighted by molar-refractivity contribution is 0.0433. The summed E-state index contributed by atoms with van der Waals surface area (Å²) in [7, 11) is 1.80. The second-order valence-corrected chi connectivity index (χ2v) is 3.47. The second kappa shape index (κ2) is 6.01. The average Bonchev–Trinajstić information content (AvgIpc) is 2.19. The van der Waals surface area contributed by atoms with Gasteiger partial charge in [-0.3, -0.25) is 0 Å². The van der Waals surface area contributed by atoms with Crippen LogP contribution in [0.4, 0.5) is 0 Å². The average molecular weight is 181 g/mol. The number of ether oxygens (including phenoxy) is 1. The summed E-state index contributed by atoms with van der Waals surface area (Å²) < 4.78 is 5.42. The van der Waals surface area contributed by atoms with Crippen LogP contribution >= 0.6 is 0 Å². The lowest BCUT2D eigenvalue weighted by Crippen LogP contribution is -2.43. The van der Waals surface area contributed by atoms with Gasteiger partial charge in [0.05, 0.1) is 12.6 Å². The highest BCUT2D eigenvalue weighted by molar-refractivity contribution is 4.98. The van der Waals surface area contributed by atoms with E-state index in [1.807, 2.05) is 6.92 Å². The van der Waals surface area contributed by atoms with Crippen LogP contribution in [0.25, 0.3) is 0 Å². The molecule has 74 valence electrons. The SMILES string of the molecule is CC#CCN[C@@H]1CCCC[C@H]1OC. The molecule has 0 radical (unpaired) electrons. The van der Waals surface area contributed by atoms with Gasteiger partial charge >= 0.3 is 0 Å². The van der Waals surface area contributed by atoms with Crippen molar-refractivity contribution in [2.75, 3.05) is 13.7 Å². The fourth-order valence-corrected chi connectivity index (χ4v) is 1.88. The minimum absolute atomic E-state index is 0.396. The fourth-order valence-electron chi connectivity index (χ4n) is 1.88. The van der Waals surface area contributed by atoms with Gasteiger partial charge in [-0.25, -0.2) is 0 Å². The van der Waals surface area contributed by atoms with Crippen molar-refractivity contribution < 1.29 is 4.74 Å². The molecular formula is C11H19NO. The molecule has 13 heavy (non-hydrogen) atoms. The quantitative estimate of drug-likeness (QED) is 0.667. The normalized spacial score (nSPS) is 27.8. The number of hydrogen-bond donors (Lipinski definition) is 1. The van der Waals surface area contributed by atoms with Gasteiger partial charge in [-0.05, 0) is 19.8 Å². The van der Waals surface area contributed by atoms with Crippen LogP contribution in [0.2, 0.25) is 0 Å². The van der Waals surface area contributed by atoms with Crippen molar-refractivity contribution >= 4 is 0 Å². The van der Waals surface area contributed by atoms with Crippen LogP contribution in [0.3, 0.4) is 0 Å². The molecule has 1 N–H and O–H groups in total. The van der Waals surface area contributed by atoms with Gasteiger partial charge in [0.2, 0.25) is 0 Å². The van der Waals surface area contributed by atoms with Crippen molar-refractivity contribution in [3.8, 4) is 11.8 Å². The maximum absolute atomic E-state index is 5.42. The lowest BCUT2D eigenvalue weighted by Gasteiger charge is -2.30. The highest BCUT2D eigenvalue weighted by Crippen LogP contribution is 2.20. The summed E-state index contributed by atoms with van der Waals surface area (Å²) in [6.07, 6.45) is 5.43. The molecule has 0 aromatic carbocycles. The van der Waals surface area contributed by atoms with Gasteiger partial charge in [0, 0.05) is 13.2 Å². The standard InChI is InChI=1S/C11H19NO/c1-3-4-9-12-10-7-5-6-8-11(10)13-2/h10-12H,5-9H2,1-2H3/t10-,11-/m1/s1. The molecule has 0 saturated heterocycles. The van der Waals surface area contributed by atoms with Gasteiger partial charge in [-0.15, -0.1) is 5.92 Å². The zero-order chi connectivity index (χ0) is 9.52. The van der Waals surface area contributed by atoms with E-state index in [-0.39, 0.29) is 0 Å². The first-order chi connectivity index (χ1) is 6.38. The summed E-state index contributed by atoms with van der Waals surface area (Å²) in [6, 6.07) is 0.514. The number of rotatable bonds is 3. The first-order valence-corrected chi connectivity index (χ1v) is 5.04. The fraction of sp³-hybridized carbons (Fsp3) is 0.818. The van der Waals surface area contributed by atoms with E-state index in [4.69, 9.17) is 4.74 Å². The summed E-state index contributed by atoms with van der Waals surface area (Å²) in [4.78, 5) is 0. The summed E-state index contributed by atoms with van der Waals surface area (Å²) in [5.74, 6) is 5.91. The molecule has 0 heterocycles. The van der Waals surface area contributed by atoms with E-state index in [1.165, 1.54) is 25.7 Å². The Hall–Kier alpha value is -0.520. The Bertz CT molecular complexity index is 192. The summed E-state index contributed by atoms with van der Waals surface area (Å²) >= 11 is 0. The monoisotopic (exact) mass is 181 g/mol. The van der Waals surface area contributed by atoms with Crippen molar-refractivity contribution in [2.24, 2.45) is 0 Å². The van der Waals surface area contributed by atoms with Crippen LogP contribution in [0.5, 0.6) is 0 Å². The molecule has 0 bridgehead atoms. The van der Waals surface area contributed by atoms with E-state index < -0.39 is 0 Å². The van der Waals surface area contributed by atoms with Gasteiger partial charge in [0.15, 0.2) is 0 Å². The van der Waals surface area contributed by atoms with Gasteiger partial charge < -0.3 is 10.1 Å². The third-order valence-corrected chi connectivity index (χ3v) is 2.63. The molecule has 0 aromatic heterocycles. The van der Waals surface area contributed by atoms with E-state index in [0.717, 1.165) is 6.54 Å². The van der Waals surface area contributed by atoms with Crippen LogP contribution in [-0.4, -0.2) is 25.8 Å². The Kier molecular flexibility index (Phi) is 4.88. The first-order valence-electron chi connectivity index (χ1n) is 5.04. The maximum Gasteiger partial charge on any atom is 0.0724 e. The Balaban J connectivity index is 2.30. The molecule has 2 atom stereocenters. The minimum atomic E-state index is 0.396. The Morgan fingerprint density at radius 2 is 2.15 bits per heavy atom. The molecule has 1 rings (SSSR count). The Morgan fingerprint density at radius 3 is 2.85 bits per heavy atom. The second-order valence-electron chi connectivity index (χ2n) is 3.47. The molecular weight excluding hydrogens is 162 g/mol. The molecule has 2 nitrogen and oxygen atoms in total. The molecule has 1 saturated carbocycles. The molecule has 1 aliphatic carbocycles. The predicted octanol–water partition coefficient (Wildman–Crippen LogP) is 1.56. The minimum Gasteiger partial charge on any atom is -0.380 e. The van der Waals surface area contributed by atoms with Crippen molar-refractivity contribution in [3.05, 3.63) is 0 Å². The van der Waals surface area contributed by atoms with E-state index in [0.29, 0.717) is 12.1 Å².